The van der Waals surface area contributed by atoms with E-state index >= 15 is 0 Å². The molecule has 0 radical (unpaired) electrons. The highest BCUT2D eigenvalue weighted by Crippen LogP contribution is 2.39. The maximum atomic E-state index is 12.0. The Morgan fingerprint density at radius 2 is 1.81 bits per heavy atom. The van der Waals surface area contributed by atoms with Gasteiger partial charge in [0.05, 0.1) is 18.0 Å². The van der Waals surface area contributed by atoms with Crippen molar-refractivity contribution in [2.75, 3.05) is 25.0 Å². The summed E-state index contributed by atoms with van der Waals surface area (Å²) in [5, 5.41) is 13.7. The minimum absolute atomic E-state index is 0. The van der Waals surface area contributed by atoms with Gasteiger partial charge in [-0.25, -0.2) is 0 Å². The minimum Gasteiger partial charge on any atom is -1.00 e. The van der Waals surface area contributed by atoms with E-state index in [1.807, 2.05) is 6.07 Å². The number of nitrogens with one attached hydrogen (secondary N) is 1. The zero-order valence-electron chi connectivity index (χ0n) is 11.7. The Labute approximate surface area is 129 Å². The van der Waals surface area contributed by atoms with Crippen molar-refractivity contribution >= 4 is 23.0 Å². The number of benzene rings is 1. The predicted octanol–water partition coefficient (Wildman–Crippen LogP) is -0.568. The average molecular weight is 312 g/mol. The molecule has 0 atom stereocenters. The van der Waals surface area contributed by atoms with Crippen LogP contribution in [-0.2, 0) is 4.79 Å². The van der Waals surface area contributed by atoms with E-state index in [4.69, 9.17) is 0 Å². The number of nitro benzene ring substituents is 1. The number of amides is 1. The van der Waals surface area contributed by atoms with Gasteiger partial charge in [0.25, 0.3) is 11.6 Å². The maximum Gasteiger partial charge on any atom is 0.280 e. The number of nitrogens with zero attached hydrogens (tertiary/aromatic N) is 2. The Hall–Kier alpha value is -1.66. The van der Waals surface area contributed by atoms with E-state index in [1.165, 1.54) is 18.9 Å². The largest absolute Gasteiger partial charge is 1.00 e. The molecule has 0 aromatic heterocycles. The summed E-state index contributed by atoms with van der Waals surface area (Å²) < 4.78 is 0.652. The van der Waals surface area contributed by atoms with Crippen molar-refractivity contribution in [3.8, 4) is 0 Å². The van der Waals surface area contributed by atoms with Crippen LogP contribution in [0.2, 0.25) is 0 Å². The lowest BCUT2D eigenvalue weighted by molar-refractivity contribution is -0.384. The molecule has 2 heterocycles. The van der Waals surface area contributed by atoms with E-state index in [1.54, 1.807) is 6.07 Å². The predicted molar refractivity (Wildman–Crippen MR) is 76.6 cm³/mol. The Bertz CT molecular complexity index is 569. The van der Waals surface area contributed by atoms with Gasteiger partial charge in [-0.15, -0.1) is 0 Å². The molecule has 1 spiro atoms. The molecule has 2 aliphatic heterocycles. The minimum atomic E-state index is -0.423. The highest BCUT2D eigenvalue weighted by Gasteiger charge is 2.40. The molecular formula is C14H18ClN3O3. The van der Waals surface area contributed by atoms with Crippen LogP contribution in [0.3, 0.4) is 0 Å². The van der Waals surface area contributed by atoms with E-state index in [0.717, 1.165) is 31.6 Å². The molecule has 3 rings (SSSR count). The summed E-state index contributed by atoms with van der Waals surface area (Å²) in [6.45, 7) is 2.33. The van der Waals surface area contributed by atoms with Crippen LogP contribution in [0.25, 0.3) is 0 Å². The van der Waals surface area contributed by atoms with Crippen LogP contribution < -0.4 is 22.2 Å². The number of non-ortho nitro benzene ring substituents is 1. The average Bonchev–Trinajstić information content (AvgIpc) is 2.64. The molecule has 1 fully saturated rings. The van der Waals surface area contributed by atoms with Crippen LogP contribution in [0.15, 0.2) is 18.2 Å². The zero-order valence-corrected chi connectivity index (χ0v) is 12.4. The Balaban J connectivity index is 0.00000161. The lowest BCUT2D eigenvalue weighted by atomic mass is 10.1. The number of carbonyl (C=O) groups is 1. The highest BCUT2D eigenvalue weighted by atomic mass is 35.5. The van der Waals surface area contributed by atoms with Gasteiger partial charge in [-0.2, -0.15) is 0 Å². The molecule has 2 aliphatic rings. The number of nitro groups is 1. The Morgan fingerprint density at radius 1 is 1.14 bits per heavy atom. The summed E-state index contributed by atoms with van der Waals surface area (Å²) >= 11 is 0. The molecule has 1 N–H and O–H groups in total. The smallest absolute Gasteiger partial charge is 0.280 e. The molecule has 0 saturated carbocycles. The second-order valence-electron chi connectivity index (χ2n) is 5.67. The molecule has 21 heavy (non-hydrogen) atoms. The number of hydrogen-bond donors (Lipinski definition) is 1. The SMILES string of the molecule is O=C1C[N+]2(CCCCCC2)c2ccc([N+](=O)[O-])cc2N1.[Cl-]. The number of fused-ring (bicyclic) bond motifs is 2. The van der Waals surface area contributed by atoms with Crippen molar-refractivity contribution in [1.29, 1.82) is 0 Å². The second kappa shape index (κ2) is 5.99. The van der Waals surface area contributed by atoms with Crippen LogP contribution in [0, 0.1) is 10.1 Å². The van der Waals surface area contributed by atoms with E-state index in [0.29, 0.717) is 16.7 Å². The normalized spacial score (nSPS) is 19.9. The number of hydrogen-bond acceptors (Lipinski definition) is 3. The summed E-state index contributed by atoms with van der Waals surface area (Å²) in [7, 11) is 0. The molecule has 1 aromatic rings. The van der Waals surface area contributed by atoms with Gasteiger partial charge in [-0.3, -0.25) is 19.4 Å². The van der Waals surface area contributed by atoms with Crippen molar-refractivity contribution in [3.63, 3.8) is 0 Å². The quantitative estimate of drug-likeness (QED) is 0.429. The molecule has 0 bridgehead atoms. The fraction of sp³-hybridized carbons (Fsp3) is 0.500. The summed E-state index contributed by atoms with van der Waals surface area (Å²) in [5.41, 5.74) is 1.66. The molecule has 6 nitrogen and oxygen atoms in total. The molecule has 0 unspecified atom stereocenters. The third-order valence-electron chi connectivity index (χ3n) is 4.34. The maximum absolute atomic E-state index is 12.0. The third-order valence-corrected chi connectivity index (χ3v) is 4.34. The summed E-state index contributed by atoms with van der Waals surface area (Å²) in [6, 6.07) is 4.84. The third kappa shape index (κ3) is 2.87. The van der Waals surface area contributed by atoms with E-state index in [-0.39, 0.29) is 24.0 Å². The molecule has 1 amide bonds. The van der Waals surface area contributed by atoms with Crippen molar-refractivity contribution in [2.24, 2.45) is 0 Å². The van der Waals surface area contributed by atoms with Gasteiger partial charge in [-0.05, 0) is 25.7 Å². The summed E-state index contributed by atoms with van der Waals surface area (Å²) in [4.78, 5) is 22.5. The van der Waals surface area contributed by atoms with Gasteiger partial charge >= 0.3 is 0 Å². The molecule has 0 aliphatic carbocycles. The first-order chi connectivity index (χ1) is 9.61. The number of halogens is 1. The molecule has 1 saturated heterocycles. The number of rotatable bonds is 1. The fourth-order valence-corrected chi connectivity index (χ4v) is 3.39. The second-order valence-corrected chi connectivity index (χ2v) is 5.67. The van der Waals surface area contributed by atoms with Gasteiger partial charge in [0.15, 0.2) is 12.2 Å². The highest BCUT2D eigenvalue weighted by molar-refractivity contribution is 6.00. The summed E-state index contributed by atoms with van der Waals surface area (Å²) in [6.07, 6.45) is 4.60. The van der Waals surface area contributed by atoms with Crippen molar-refractivity contribution < 1.29 is 22.1 Å². The topological polar surface area (TPSA) is 72.2 Å². The van der Waals surface area contributed by atoms with Crippen LogP contribution in [0.1, 0.15) is 25.7 Å². The first-order valence-electron chi connectivity index (χ1n) is 7.06. The zero-order chi connectivity index (χ0) is 14.2. The lowest BCUT2D eigenvalue weighted by Gasteiger charge is -2.40. The Kier molecular flexibility index (Phi) is 4.49. The standard InChI is InChI=1S/C14H17N3O3.ClH/c18-14-10-17(7-3-1-2-4-8-17)13-6-5-11(16(19)20)9-12(13)15-14;/h5-6,9H,1-4,7-8,10H2;1H. The Morgan fingerprint density at radius 3 is 2.43 bits per heavy atom. The van der Waals surface area contributed by atoms with E-state index in [9.17, 15) is 14.9 Å². The van der Waals surface area contributed by atoms with Crippen LogP contribution in [0.5, 0.6) is 0 Å². The van der Waals surface area contributed by atoms with Crippen LogP contribution in [0.4, 0.5) is 17.1 Å². The van der Waals surface area contributed by atoms with Crippen molar-refractivity contribution in [2.45, 2.75) is 25.7 Å². The van der Waals surface area contributed by atoms with Gasteiger partial charge in [0.1, 0.15) is 5.69 Å². The fourth-order valence-electron chi connectivity index (χ4n) is 3.39. The lowest BCUT2D eigenvalue weighted by Crippen LogP contribution is -3.00. The van der Waals surface area contributed by atoms with Crippen molar-refractivity contribution in [1.82, 2.24) is 4.48 Å². The van der Waals surface area contributed by atoms with Crippen LogP contribution >= 0.6 is 0 Å². The van der Waals surface area contributed by atoms with Gasteiger partial charge in [0.2, 0.25) is 0 Å². The molecule has 1 aromatic carbocycles. The van der Waals surface area contributed by atoms with E-state index < -0.39 is 4.92 Å². The van der Waals surface area contributed by atoms with Crippen LogP contribution in [-0.4, -0.2) is 30.5 Å². The molecular weight excluding hydrogens is 294 g/mol. The molecule has 114 valence electrons. The van der Waals surface area contributed by atoms with E-state index in [2.05, 4.69) is 5.32 Å². The monoisotopic (exact) mass is 311 g/mol. The number of anilines is 1. The first-order valence-corrected chi connectivity index (χ1v) is 7.06. The molecule has 7 heteroatoms. The van der Waals surface area contributed by atoms with Crippen molar-refractivity contribution in [3.05, 3.63) is 28.3 Å². The van der Waals surface area contributed by atoms with Gasteiger partial charge in [0, 0.05) is 18.2 Å². The van der Waals surface area contributed by atoms with Gasteiger partial charge in [-0.1, -0.05) is 0 Å². The first kappa shape index (κ1) is 15.7. The summed E-state index contributed by atoms with van der Waals surface area (Å²) in [5.74, 6) is -0.0418. The number of carbonyl (C=O) groups excluding carboxylic acids is 1. The number of quaternary nitrogens is 1. The van der Waals surface area contributed by atoms with Gasteiger partial charge < -0.3 is 17.7 Å².